The molecule has 0 saturated heterocycles. The van der Waals surface area contributed by atoms with Crippen LogP contribution in [0.1, 0.15) is 321 Å². The average Bonchev–Trinajstić information content (AvgIpc) is 3.22. The van der Waals surface area contributed by atoms with Crippen LogP contribution in [0.3, 0.4) is 0 Å². The molecule has 0 unspecified atom stereocenters. The van der Waals surface area contributed by atoms with Crippen molar-refractivity contribution in [3.8, 4) is 0 Å². The van der Waals surface area contributed by atoms with Crippen LogP contribution < -0.4 is 4.57 Å². The summed E-state index contributed by atoms with van der Waals surface area (Å²) in [5, 5.41) is 0. The lowest BCUT2D eigenvalue weighted by atomic mass is 9.97. The van der Waals surface area contributed by atoms with Crippen LogP contribution in [0.4, 0.5) is 0 Å². The van der Waals surface area contributed by atoms with Gasteiger partial charge in [-0.1, -0.05) is 284 Å². The Morgan fingerprint density at radius 3 is 0.772 bits per heavy atom. The summed E-state index contributed by atoms with van der Waals surface area (Å²) in [5.41, 5.74) is 3.35. The lowest BCUT2D eigenvalue weighted by Gasteiger charge is -2.10. The second-order valence-electron chi connectivity index (χ2n) is 19.1. The fourth-order valence-corrected chi connectivity index (χ4v) is 9.27. The largest absolute Gasteiger partial charge is 0.205 e. The van der Waals surface area contributed by atoms with Crippen LogP contribution in [0.25, 0.3) is 0 Å². The number of rotatable bonds is 48. The standard InChI is InChI=1S/C56H108N/c1-4-7-10-13-16-19-22-25-27-29-31-34-37-40-43-46-49-55-51-53-57(52-48-45-42-39-36-33-24-21-18-15-12-9-6-3)54-56(55)50-47-44-41-38-35-32-30-28-26-23-20-17-14-11-8-5-2/h51,53-54H,4-50,52H2,1-3H3/q+1. The lowest BCUT2D eigenvalue weighted by molar-refractivity contribution is -0.697. The van der Waals surface area contributed by atoms with Gasteiger partial charge in [-0.2, -0.15) is 0 Å². The zero-order chi connectivity index (χ0) is 40.8. The normalized spacial score (nSPS) is 11.6. The fraction of sp³-hybridized carbons (Fsp3) is 0.911. The molecular weight excluding hydrogens is 687 g/mol. The fourth-order valence-electron chi connectivity index (χ4n) is 9.27. The maximum absolute atomic E-state index is 2.58. The smallest absolute Gasteiger partial charge is 0.172 e. The number of nitrogens with zero attached hydrogens (tertiary/aromatic N) is 1. The van der Waals surface area contributed by atoms with E-state index in [1.807, 2.05) is 0 Å². The molecule has 57 heavy (non-hydrogen) atoms. The van der Waals surface area contributed by atoms with Crippen LogP contribution in [0.5, 0.6) is 0 Å². The molecule has 336 valence electrons. The Kier molecular flexibility index (Phi) is 43.9. The highest BCUT2D eigenvalue weighted by Gasteiger charge is 2.10. The van der Waals surface area contributed by atoms with Gasteiger partial charge in [0.15, 0.2) is 12.4 Å². The van der Waals surface area contributed by atoms with Gasteiger partial charge in [-0.15, -0.1) is 0 Å². The molecule has 0 N–H and O–H groups in total. The first kappa shape index (κ1) is 54.2. The Bertz CT molecular complexity index is 889. The van der Waals surface area contributed by atoms with Crippen molar-refractivity contribution in [2.45, 2.75) is 329 Å². The minimum atomic E-state index is 1.21. The first-order chi connectivity index (χ1) is 28.3. The van der Waals surface area contributed by atoms with Gasteiger partial charge in [-0.05, 0) is 37.7 Å². The summed E-state index contributed by atoms with van der Waals surface area (Å²) >= 11 is 0. The number of pyridine rings is 1. The summed E-state index contributed by atoms with van der Waals surface area (Å²) in [5.74, 6) is 0. The van der Waals surface area contributed by atoms with Crippen molar-refractivity contribution < 1.29 is 4.57 Å². The Labute approximate surface area is 361 Å². The van der Waals surface area contributed by atoms with Crippen LogP contribution in [-0.2, 0) is 19.4 Å². The first-order valence-corrected chi connectivity index (χ1v) is 27.3. The summed E-state index contributed by atoms with van der Waals surface area (Å²) in [6, 6.07) is 2.52. The summed E-state index contributed by atoms with van der Waals surface area (Å²) in [4.78, 5) is 0. The van der Waals surface area contributed by atoms with E-state index in [0.717, 1.165) is 0 Å². The van der Waals surface area contributed by atoms with E-state index >= 15 is 0 Å². The molecule has 0 atom stereocenters. The molecule has 0 spiro atoms. The van der Waals surface area contributed by atoms with Crippen molar-refractivity contribution in [3.05, 3.63) is 29.6 Å². The molecule has 1 aromatic heterocycles. The SMILES string of the molecule is CCCCCCCCCCCCCCCCCCc1cc[n+](CCCCCCCCCCCCCCC)cc1CCCCCCCCCCCCCCCCCC. The minimum Gasteiger partial charge on any atom is -0.205 e. The van der Waals surface area contributed by atoms with Crippen LogP contribution in [0.2, 0.25) is 0 Å². The second-order valence-corrected chi connectivity index (χ2v) is 19.1. The zero-order valence-corrected chi connectivity index (χ0v) is 40.1. The monoisotopic (exact) mass is 795 g/mol. The third kappa shape index (κ3) is 39.1. The van der Waals surface area contributed by atoms with E-state index in [0.29, 0.717) is 0 Å². The summed E-state index contributed by atoms with van der Waals surface area (Å²) in [6.45, 7) is 8.16. The van der Waals surface area contributed by atoms with Crippen LogP contribution in [-0.4, -0.2) is 0 Å². The lowest BCUT2D eigenvalue weighted by Crippen LogP contribution is -2.34. The first-order valence-electron chi connectivity index (χ1n) is 27.3. The molecule has 0 aliphatic carbocycles. The van der Waals surface area contributed by atoms with Crippen molar-refractivity contribution in [1.82, 2.24) is 0 Å². The third-order valence-corrected chi connectivity index (χ3v) is 13.3. The van der Waals surface area contributed by atoms with Gasteiger partial charge in [0.25, 0.3) is 0 Å². The molecule has 0 saturated carbocycles. The number of aromatic nitrogens is 1. The summed E-state index contributed by atoms with van der Waals surface area (Å²) in [6.07, 6.45) is 72.7. The Hall–Kier alpha value is -0.850. The van der Waals surface area contributed by atoms with E-state index < -0.39 is 0 Å². The molecule has 0 bridgehead atoms. The van der Waals surface area contributed by atoms with Crippen molar-refractivity contribution in [3.63, 3.8) is 0 Å². The van der Waals surface area contributed by atoms with Crippen molar-refractivity contribution >= 4 is 0 Å². The highest BCUT2D eigenvalue weighted by molar-refractivity contribution is 5.21. The van der Waals surface area contributed by atoms with Crippen molar-refractivity contribution in [2.75, 3.05) is 0 Å². The topological polar surface area (TPSA) is 3.88 Å². The average molecular weight is 795 g/mol. The molecule has 1 aromatic rings. The number of hydrogen-bond acceptors (Lipinski definition) is 0. The molecule has 1 heterocycles. The molecule has 0 aliphatic heterocycles. The van der Waals surface area contributed by atoms with Gasteiger partial charge < -0.3 is 0 Å². The molecule has 0 fully saturated rings. The molecule has 0 aromatic carbocycles. The number of aryl methyl sites for hydroxylation is 3. The van der Waals surface area contributed by atoms with Gasteiger partial charge in [0.1, 0.15) is 6.54 Å². The van der Waals surface area contributed by atoms with Gasteiger partial charge in [-0.25, -0.2) is 4.57 Å². The van der Waals surface area contributed by atoms with E-state index in [2.05, 4.69) is 43.8 Å². The van der Waals surface area contributed by atoms with E-state index in [4.69, 9.17) is 0 Å². The maximum Gasteiger partial charge on any atom is 0.172 e. The highest BCUT2D eigenvalue weighted by Crippen LogP contribution is 2.19. The maximum atomic E-state index is 2.58. The van der Waals surface area contributed by atoms with Crippen LogP contribution in [0, 0.1) is 0 Å². The third-order valence-electron chi connectivity index (χ3n) is 13.3. The van der Waals surface area contributed by atoms with E-state index in [9.17, 15) is 0 Å². The summed E-state index contributed by atoms with van der Waals surface area (Å²) < 4.78 is 2.55. The molecule has 0 aliphatic rings. The number of hydrogen-bond donors (Lipinski definition) is 0. The molecule has 1 heteroatoms. The Morgan fingerprint density at radius 2 is 0.491 bits per heavy atom. The molecule has 1 rings (SSSR count). The van der Waals surface area contributed by atoms with Gasteiger partial charge in [0, 0.05) is 18.1 Å². The Morgan fingerprint density at radius 1 is 0.263 bits per heavy atom. The van der Waals surface area contributed by atoms with Gasteiger partial charge >= 0.3 is 0 Å². The van der Waals surface area contributed by atoms with Gasteiger partial charge in [0.05, 0.1) is 0 Å². The molecule has 1 nitrogen and oxygen atoms in total. The number of unbranched alkanes of at least 4 members (excludes halogenated alkanes) is 42. The van der Waals surface area contributed by atoms with Gasteiger partial charge in [-0.3, -0.25) is 0 Å². The molecular formula is C56H108N+. The Balaban J connectivity index is 2.27. The zero-order valence-electron chi connectivity index (χ0n) is 40.1. The molecule has 0 radical (unpaired) electrons. The predicted octanol–water partition coefficient (Wildman–Crippen LogP) is 19.7. The van der Waals surface area contributed by atoms with Crippen molar-refractivity contribution in [2.24, 2.45) is 0 Å². The van der Waals surface area contributed by atoms with Crippen LogP contribution in [0.15, 0.2) is 18.5 Å². The van der Waals surface area contributed by atoms with Crippen LogP contribution >= 0.6 is 0 Å². The van der Waals surface area contributed by atoms with E-state index in [1.54, 1.807) is 11.1 Å². The second kappa shape index (κ2) is 46.2. The van der Waals surface area contributed by atoms with E-state index in [-0.39, 0.29) is 0 Å². The predicted molar refractivity (Wildman–Crippen MR) is 259 cm³/mol. The summed E-state index contributed by atoms with van der Waals surface area (Å²) in [7, 11) is 0. The quantitative estimate of drug-likeness (QED) is 0.0457. The molecule has 0 amide bonds. The van der Waals surface area contributed by atoms with E-state index in [1.165, 1.54) is 308 Å². The minimum absolute atomic E-state index is 1.21. The van der Waals surface area contributed by atoms with Gasteiger partial charge in [0.2, 0.25) is 0 Å². The van der Waals surface area contributed by atoms with Crippen molar-refractivity contribution in [1.29, 1.82) is 0 Å². The highest BCUT2D eigenvalue weighted by atomic mass is 14.9.